The zero-order valence-corrected chi connectivity index (χ0v) is 15.3. The maximum absolute atomic E-state index is 12.0. The molecular weight excluding hydrogens is 368 g/mol. The highest BCUT2D eigenvalue weighted by Crippen LogP contribution is 2.35. The predicted octanol–water partition coefficient (Wildman–Crippen LogP) is 3.65. The summed E-state index contributed by atoms with van der Waals surface area (Å²) < 4.78 is 8.66. The minimum atomic E-state index is -1.60. The van der Waals surface area contributed by atoms with E-state index in [9.17, 15) is 14.9 Å². The third kappa shape index (κ3) is 5.38. The van der Waals surface area contributed by atoms with Gasteiger partial charge in [0.1, 0.15) is 17.4 Å². The van der Waals surface area contributed by atoms with Crippen LogP contribution in [0.25, 0.3) is 0 Å². The molecule has 0 saturated heterocycles. The van der Waals surface area contributed by atoms with Crippen molar-refractivity contribution >= 4 is 22.0 Å². The van der Waals surface area contributed by atoms with Gasteiger partial charge >= 0.3 is 6.09 Å². The molecule has 0 aromatic heterocycles. The molecule has 128 valence electrons. The molecule has 0 aliphatic rings. The third-order valence-corrected chi connectivity index (χ3v) is 3.74. The molecular formula is C15H21BrN2O5. The zero-order valence-electron chi connectivity index (χ0n) is 13.8. The number of alkyl carbamates (subject to hydrolysis) is 1. The fourth-order valence-corrected chi connectivity index (χ4v) is 2.23. The molecule has 8 heteroatoms. The fraction of sp³-hybridized carbons (Fsp3) is 0.533. The number of carbonyl (C=O) groups is 1. The Bertz CT molecular complexity index is 566. The van der Waals surface area contributed by atoms with Gasteiger partial charge in [-0.25, -0.2) is 4.79 Å². The van der Waals surface area contributed by atoms with Gasteiger partial charge in [0, 0.05) is 27.8 Å². The minimum absolute atomic E-state index is 0.501. The van der Waals surface area contributed by atoms with Gasteiger partial charge in [0.15, 0.2) is 0 Å². The van der Waals surface area contributed by atoms with Crippen LogP contribution < -0.4 is 10.1 Å². The van der Waals surface area contributed by atoms with Gasteiger partial charge in [-0.1, -0.05) is 12.1 Å². The molecule has 0 radical (unpaired) electrons. The number of carbonyl (C=O) groups excluding carboxylic acids is 1. The molecule has 0 aliphatic heterocycles. The Balaban J connectivity index is 3.11. The lowest BCUT2D eigenvalue weighted by atomic mass is 10.0. The second-order valence-corrected chi connectivity index (χ2v) is 7.74. The van der Waals surface area contributed by atoms with E-state index in [0.29, 0.717) is 11.3 Å². The zero-order chi connectivity index (χ0) is 17.8. The number of alkyl halides is 1. The number of methoxy groups -OCH3 is 1. The Hall–Kier alpha value is -1.83. The number of benzene rings is 1. The SMILES string of the molecule is COc1ccc([C@@H](NC(=O)OC(C)(C)C)[C@@](C)(Br)[N+](=O)[O-])cc1. The summed E-state index contributed by atoms with van der Waals surface area (Å²) in [5, 5.41) is 13.9. The molecule has 2 atom stereocenters. The van der Waals surface area contributed by atoms with Crippen LogP contribution in [0.5, 0.6) is 5.75 Å². The molecule has 1 aromatic carbocycles. The van der Waals surface area contributed by atoms with Crippen LogP contribution in [-0.2, 0) is 4.74 Å². The molecule has 0 aliphatic carbocycles. The summed E-state index contributed by atoms with van der Waals surface area (Å²) in [5.41, 5.74) is -0.154. The van der Waals surface area contributed by atoms with Crippen molar-refractivity contribution in [2.75, 3.05) is 7.11 Å². The Morgan fingerprint density at radius 3 is 2.17 bits per heavy atom. The quantitative estimate of drug-likeness (QED) is 0.359. The van der Waals surface area contributed by atoms with E-state index in [-0.39, 0.29) is 0 Å². The first-order valence-corrected chi connectivity index (χ1v) is 7.73. The largest absolute Gasteiger partial charge is 0.497 e. The normalized spacial score (nSPS) is 15.2. The molecule has 1 N–H and O–H groups in total. The second kappa shape index (κ2) is 7.16. The van der Waals surface area contributed by atoms with E-state index in [1.165, 1.54) is 14.0 Å². The van der Waals surface area contributed by atoms with E-state index in [1.54, 1.807) is 45.0 Å². The summed E-state index contributed by atoms with van der Waals surface area (Å²) in [5.74, 6) is 0.613. The minimum Gasteiger partial charge on any atom is -0.497 e. The molecule has 1 aromatic rings. The Kier molecular flexibility index (Phi) is 5.98. The number of nitrogens with zero attached hydrogens (tertiary/aromatic N) is 1. The lowest BCUT2D eigenvalue weighted by molar-refractivity contribution is -0.536. The Morgan fingerprint density at radius 2 is 1.78 bits per heavy atom. The summed E-state index contributed by atoms with van der Waals surface area (Å²) in [6, 6.07) is 5.72. The summed E-state index contributed by atoms with van der Waals surface area (Å²) in [6.45, 7) is 6.53. The highest BCUT2D eigenvalue weighted by molar-refractivity contribution is 9.10. The van der Waals surface area contributed by atoms with Crippen LogP contribution in [-0.4, -0.2) is 28.2 Å². The maximum atomic E-state index is 12.0. The van der Waals surface area contributed by atoms with E-state index in [0.717, 1.165) is 0 Å². The summed E-state index contributed by atoms with van der Waals surface area (Å²) >= 11 is 3.09. The van der Waals surface area contributed by atoms with Gasteiger partial charge in [0.25, 0.3) is 4.45 Å². The smallest absolute Gasteiger partial charge is 0.408 e. The predicted molar refractivity (Wildman–Crippen MR) is 89.4 cm³/mol. The third-order valence-electron chi connectivity index (χ3n) is 2.99. The lowest BCUT2D eigenvalue weighted by Crippen LogP contribution is -2.46. The van der Waals surface area contributed by atoms with E-state index in [1.807, 2.05) is 0 Å². The molecule has 7 nitrogen and oxygen atoms in total. The average molecular weight is 389 g/mol. The van der Waals surface area contributed by atoms with Crippen LogP contribution in [0.3, 0.4) is 0 Å². The molecule has 1 amide bonds. The van der Waals surface area contributed by atoms with Gasteiger partial charge in [-0.05, 0) is 38.5 Å². The Morgan fingerprint density at radius 1 is 1.26 bits per heavy atom. The van der Waals surface area contributed by atoms with E-state index in [4.69, 9.17) is 9.47 Å². The number of nitro groups is 1. The fourth-order valence-electron chi connectivity index (χ4n) is 1.85. The molecule has 1 rings (SSSR count). The number of halogens is 1. The monoisotopic (exact) mass is 388 g/mol. The average Bonchev–Trinajstić information content (AvgIpc) is 2.42. The van der Waals surface area contributed by atoms with Crippen molar-refractivity contribution in [3.63, 3.8) is 0 Å². The maximum Gasteiger partial charge on any atom is 0.408 e. The van der Waals surface area contributed by atoms with Crippen LogP contribution >= 0.6 is 15.9 Å². The van der Waals surface area contributed by atoms with Crippen LogP contribution in [0.1, 0.15) is 39.3 Å². The highest BCUT2D eigenvalue weighted by atomic mass is 79.9. The van der Waals surface area contributed by atoms with Crippen LogP contribution in [0.15, 0.2) is 24.3 Å². The number of nitrogens with one attached hydrogen (secondary N) is 1. The van der Waals surface area contributed by atoms with Crippen LogP contribution in [0, 0.1) is 10.1 Å². The molecule has 0 fully saturated rings. The number of hydrogen-bond donors (Lipinski definition) is 1. The van der Waals surface area contributed by atoms with Crippen molar-refractivity contribution in [2.24, 2.45) is 0 Å². The van der Waals surface area contributed by atoms with Gasteiger partial charge in [0.2, 0.25) is 0 Å². The molecule has 0 heterocycles. The molecule has 0 unspecified atom stereocenters. The number of rotatable bonds is 5. The molecule has 0 bridgehead atoms. The van der Waals surface area contributed by atoms with Gasteiger partial charge in [-0.3, -0.25) is 10.1 Å². The van der Waals surface area contributed by atoms with E-state index >= 15 is 0 Å². The number of ether oxygens (including phenoxy) is 2. The van der Waals surface area contributed by atoms with Crippen molar-refractivity contribution in [1.29, 1.82) is 0 Å². The van der Waals surface area contributed by atoms with Crippen molar-refractivity contribution in [2.45, 2.75) is 43.8 Å². The van der Waals surface area contributed by atoms with Gasteiger partial charge in [-0.2, -0.15) is 0 Å². The van der Waals surface area contributed by atoms with E-state index in [2.05, 4.69) is 21.2 Å². The number of amides is 1. The topological polar surface area (TPSA) is 90.7 Å². The summed E-state index contributed by atoms with van der Waals surface area (Å²) in [4.78, 5) is 22.9. The van der Waals surface area contributed by atoms with Crippen LogP contribution in [0.4, 0.5) is 4.79 Å². The first kappa shape index (κ1) is 19.2. The van der Waals surface area contributed by atoms with E-state index < -0.39 is 27.1 Å². The second-order valence-electron chi connectivity index (χ2n) is 6.13. The molecule has 23 heavy (non-hydrogen) atoms. The summed E-state index contributed by atoms with van der Waals surface area (Å²) in [6.07, 6.45) is -0.731. The number of hydrogen-bond acceptors (Lipinski definition) is 5. The first-order valence-electron chi connectivity index (χ1n) is 6.94. The van der Waals surface area contributed by atoms with Crippen molar-refractivity contribution in [1.82, 2.24) is 5.32 Å². The summed E-state index contributed by atoms with van der Waals surface area (Å²) in [7, 11) is 1.52. The lowest BCUT2D eigenvalue weighted by Gasteiger charge is -2.28. The van der Waals surface area contributed by atoms with Gasteiger partial charge in [-0.15, -0.1) is 0 Å². The van der Waals surface area contributed by atoms with Crippen molar-refractivity contribution in [3.8, 4) is 5.75 Å². The first-order chi connectivity index (χ1) is 10.5. The van der Waals surface area contributed by atoms with Crippen LogP contribution in [0.2, 0.25) is 0 Å². The van der Waals surface area contributed by atoms with Crippen molar-refractivity contribution in [3.05, 3.63) is 39.9 Å². The highest BCUT2D eigenvalue weighted by Gasteiger charge is 2.45. The molecule has 0 spiro atoms. The molecule has 0 saturated carbocycles. The Labute approximate surface area is 143 Å². The van der Waals surface area contributed by atoms with Gasteiger partial charge in [0.05, 0.1) is 7.11 Å². The van der Waals surface area contributed by atoms with Crippen molar-refractivity contribution < 1.29 is 19.2 Å². The van der Waals surface area contributed by atoms with Gasteiger partial charge < -0.3 is 14.8 Å². The standard InChI is InChI=1S/C15H21BrN2O5/c1-14(2,3)23-13(19)17-12(15(4,16)18(20)21)10-6-8-11(22-5)9-7-10/h6-9,12H,1-5H3,(H,17,19)/t12-,15+/m1/s1.